The smallest absolute Gasteiger partial charge is 0.249 e. The maximum absolute atomic E-state index is 12.6. The molecule has 1 aliphatic heterocycles. The SMILES string of the molecule is C[C@@H](c1cccnc1)N(C(=O)COC[C@@H]1CCCO1)C1CC1. The summed E-state index contributed by atoms with van der Waals surface area (Å²) in [6.07, 6.45) is 8.05. The van der Waals surface area contributed by atoms with E-state index in [0.29, 0.717) is 12.6 Å². The van der Waals surface area contributed by atoms with Crippen LogP contribution in [0.5, 0.6) is 0 Å². The minimum atomic E-state index is 0.0417. The van der Waals surface area contributed by atoms with Crippen molar-refractivity contribution in [1.29, 1.82) is 0 Å². The maximum Gasteiger partial charge on any atom is 0.249 e. The topological polar surface area (TPSA) is 51.7 Å². The molecule has 1 aromatic heterocycles. The zero-order chi connectivity index (χ0) is 15.4. The molecule has 0 bridgehead atoms. The van der Waals surface area contributed by atoms with Crippen molar-refractivity contribution in [3.63, 3.8) is 0 Å². The van der Waals surface area contributed by atoms with Crippen LogP contribution in [-0.2, 0) is 14.3 Å². The summed E-state index contributed by atoms with van der Waals surface area (Å²) in [5, 5.41) is 0. The molecule has 1 saturated carbocycles. The van der Waals surface area contributed by atoms with Gasteiger partial charge in [0.25, 0.3) is 0 Å². The van der Waals surface area contributed by atoms with Crippen molar-refractivity contribution in [2.75, 3.05) is 19.8 Å². The summed E-state index contributed by atoms with van der Waals surface area (Å²) in [6, 6.07) is 4.33. The van der Waals surface area contributed by atoms with Crippen LogP contribution in [0, 0.1) is 0 Å². The van der Waals surface area contributed by atoms with Gasteiger partial charge in [-0.3, -0.25) is 9.78 Å². The van der Waals surface area contributed by atoms with Crippen LogP contribution in [0.25, 0.3) is 0 Å². The molecule has 5 heteroatoms. The van der Waals surface area contributed by atoms with Crippen molar-refractivity contribution in [2.24, 2.45) is 0 Å². The summed E-state index contributed by atoms with van der Waals surface area (Å²) in [4.78, 5) is 18.7. The number of hydrogen-bond acceptors (Lipinski definition) is 4. The Morgan fingerprint density at radius 2 is 2.36 bits per heavy atom. The van der Waals surface area contributed by atoms with Crippen molar-refractivity contribution < 1.29 is 14.3 Å². The number of hydrogen-bond donors (Lipinski definition) is 0. The number of carbonyl (C=O) groups excluding carboxylic acids is 1. The lowest BCUT2D eigenvalue weighted by molar-refractivity contribution is -0.140. The molecule has 1 saturated heterocycles. The predicted octanol–water partition coefficient (Wildman–Crippen LogP) is 2.33. The van der Waals surface area contributed by atoms with Gasteiger partial charge >= 0.3 is 0 Å². The van der Waals surface area contributed by atoms with Gasteiger partial charge in [0.1, 0.15) is 6.61 Å². The molecule has 0 aromatic carbocycles. The van der Waals surface area contributed by atoms with Gasteiger partial charge in [0.2, 0.25) is 5.91 Å². The molecule has 0 N–H and O–H groups in total. The van der Waals surface area contributed by atoms with Gasteiger partial charge in [-0.2, -0.15) is 0 Å². The average Bonchev–Trinajstić information content (AvgIpc) is 3.23. The highest BCUT2D eigenvalue weighted by Crippen LogP contribution is 2.34. The zero-order valence-electron chi connectivity index (χ0n) is 13.1. The normalized spacial score (nSPS) is 22.5. The summed E-state index contributed by atoms with van der Waals surface area (Å²) in [7, 11) is 0. The van der Waals surface area contributed by atoms with Gasteiger partial charge < -0.3 is 14.4 Å². The number of pyridine rings is 1. The van der Waals surface area contributed by atoms with Gasteiger partial charge in [-0.05, 0) is 44.2 Å². The lowest BCUT2D eigenvalue weighted by Crippen LogP contribution is -2.38. The van der Waals surface area contributed by atoms with Crippen LogP contribution in [0.2, 0.25) is 0 Å². The number of aromatic nitrogens is 1. The second-order valence-electron chi connectivity index (χ2n) is 6.14. The van der Waals surface area contributed by atoms with Crippen molar-refractivity contribution in [1.82, 2.24) is 9.88 Å². The molecule has 1 aromatic rings. The monoisotopic (exact) mass is 304 g/mol. The minimum absolute atomic E-state index is 0.0417. The number of amides is 1. The summed E-state index contributed by atoms with van der Waals surface area (Å²) < 4.78 is 11.1. The Kier molecular flexibility index (Phi) is 5.05. The first-order valence-corrected chi connectivity index (χ1v) is 8.16. The summed E-state index contributed by atoms with van der Waals surface area (Å²) in [6.45, 7) is 3.54. The molecular weight excluding hydrogens is 280 g/mol. The second kappa shape index (κ2) is 7.20. The van der Waals surface area contributed by atoms with Crippen molar-refractivity contribution in [2.45, 2.75) is 50.8 Å². The fourth-order valence-corrected chi connectivity index (χ4v) is 3.00. The van der Waals surface area contributed by atoms with Crippen LogP contribution >= 0.6 is 0 Å². The zero-order valence-corrected chi connectivity index (χ0v) is 13.1. The first kappa shape index (κ1) is 15.4. The van der Waals surface area contributed by atoms with Crippen LogP contribution in [0.4, 0.5) is 0 Å². The van der Waals surface area contributed by atoms with Crippen LogP contribution in [0.1, 0.15) is 44.2 Å². The van der Waals surface area contributed by atoms with E-state index in [1.807, 2.05) is 23.2 Å². The Morgan fingerprint density at radius 1 is 1.50 bits per heavy atom. The molecule has 2 fully saturated rings. The summed E-state index contributed by atoms with van der Waals surface area (Å²) in [5.41, 5.74) is 1.07. The molecular formula is C17H24N2O3. The molecule has 2 aliphatic rings. The third-order valence-electron chi connectivity index (χ3n) is 4.37. The minimum Gasteiger partial charge on any atom is -0.376 e. The largest absolute Gasteiger partial charge is 0.376 e. The Morgan fingerprint density at radius 3 is 3.00 bits per heavy atom. The Hall–Kier alpha value is -1.46. The lowest BCUT2D eigenvalue weighted by Gasteiger charge is -2.29. The number of nitrogens with zero attached hydrogens (tertiary/aromatic N) is 2. The number of ether oxygens (including phenoxy) is 2. The van der Waals surface area contributed by atoms with Gasteiger partial charge in [-0.15, -0.1) is 0 Å². The molecule has 22 heavy (non-hydrogen) atoms. The maximum atomic E-state index is 12.6. The third kappa shape index (κ3) is 3.84. The highest BCUT2D eigenvalue weighted by Gasteiger charge is 2.36. The molecule has 1 amide bonds. The van der Waals surface area contributed by atoms with E-state index in [4.69, 9.17) is 9.47 Å². The predicted molar refractivity (Wildman–Crippen MR) is 82.3 cm³/mol. The van der Waals surface area contributed by atoms with E-state index in [0.717, 1.165) is 37.9 Å². The average molecular weight is 304 g/mol. The highest BCUT2D eigenvalue weighted by atomic mass is 16.5. The van der Waals surface area contributed by atoms with E-state index in [1.165, 1.54) is 0 Å². The van der Waals surface area contributed by atoms with Gasteiger partial charge in [-0.1, -0.05) is 6.07 Å². The van der Waals surface area contributed by atoms with E-state index in [1.54, 1.807) is 6.20 Å². The third-order valence-corrected chi connectivity index (χ3v) is 4.37. The van der Waals surface area contributed by atoms with Gasteiger partial charge in [0.15, 0.2) is 0 Å². The first-order valence-electron chi connectivity index (χ1n) is 8.16. The molecule has 2 atom stereocenters. The van der Waals surface area contributed by atoms with E-state index >= 15 is 0 Å². The lowest BCUT2D eigenvalue weighted by atomic mass is 10.1. The Balaban J connectivity index is 1.55. The molecule has 0 unspecified atom stereocenters. The van der Waals surface area contributed by atoms with Crippen LogP contribution in [0.3, 0.4) is 0 Å². The van der Waals surface area contributed by atoms with Crippen molar-refractivity contribution in [3.05, 3.63) is 30.1 Å². The molecule has 3 rings (SSSR count). The standard InChI is InChI=1S/C17H24N2O3/c1-13(14-4-2-8-18-10-14)19(15-6-7-15)17(20)12-21-11-16-5-3-9-22-16/h2,4,8,10,13,15-16H,3,5-7,9,11-12H2,1H3/t13-,16-/m0/s1. The Bertz CT molecular complexity index is 484. The van der Waals surface area contributed by atoms with E-state index < -0.39 is 0 Å². The van der Waals surface area contributed by atoms with Gasteiger partial charge in [0.05, 0.1) is 18.8 Å². The van der Waals surface area contributed by atoms with Gasteiger partial charge in [-0.25, -0.2) is 0 Å². The molecule has 120 valence electrons. The van der Waals surface area contributed by atoms with Crippen LogP contribution < -0.4 is 0 Å². The molecule has 5 nitrogen and oxygen atoms in total. The first-order chi connectivity index (χ1) is 10.8. The van der Waals surface area contributed by atoms with E-state index in [9.17, 15) is 4.79 Å². The van der Waals surface area contributed by atoms with E-state index in [2.05, 4.69) is 11.9 Å². The quantitative estimate of drug-likeness (QED) is 0.776. The fraction of sp³-hybridized carbons (Fsp3) is 0.647. The van der Waals surface area contributed by atoms with Gasteiger partial charge in [0, 0.05) is 25.0 Å². The fourth-order valence-electron chi connectivity index (χ4n) is 3.00. The molecule has 1 aliphatic carbocycles. The molecule has 2 heterocycles. The molecule has 0 spiro atoms. The summed E-state index contributed by atoms with van der Waals surface area (Å²) in [5.74, 6) is 0.0665. The Labute approximate surface area is 131 Å². The van der Waals surface area contributed by atoms with Crippen molar-refractivity contribution in [3.8, 4) is 0 Å². The van der Waals surface area contributed by atoms with Crippen LogP contribution in [0.15, 0.2) is 24.5 Å². The number of rotatable bonds is 7. The van der Waals surface area contributed by atoms with Crippen LogP contribution in [-0.4, -0.2) is 47.8 Å². The molecule has 0 radical (unpaired) electrons. The van der Waals surface area contributed by atoms with Crippen molar-refractivity contribution >= 4 is 5.91 Å². The summed E-state index contributed by atoms with van der Waals surface area (Å²) >= 11 is 0. The number of carbonyl (C=O) groups is 1. The second-order valence-corrected chi connectivity index (χ2v) is 6.14. The van der Waals surface area contributed by atoms with E-state index in [-0.39, 0.29) is 24.7 Å². The highest BCUT2D eigenvalue weighted by molar-refractivity contribution is 5.78.